The summed E-state index contributed by atoms with van der Waals surface area (Å²) in [6, 6.07) is 8.05. The third kappa shape index (κ3) is 7.79. The lowest BCUT2D eigenvalue weighted by Gasteiger charge is -2.34. The molecule has 142 valence electrons. The van der Waals surface area contributed by atoms with Gasteiger partial charge in [-0.15, -0.1) is 24.0 Å². The number of benzene rings is 1. The molecule has 0 saturated carbocycles. The van der Waals surface area contributed by atoms with Crippen LogP contribution in [0.5, 0.6) is 5.75 Å². The molecule has 1 aromatic rings. The summed E-state index contributed by atoms with van der Waals surface area (Å²) in [4.78, 5) is 7.03. The van der Waals surface area contributed by atoms with Crippen molar-refractivity contribution in [3.05, 3.63) is 24.3 Å². The Bertz CT molecular complexity index is 516. The molecule has 0 aromatic heterocycles. The van der Waals surface area contributed by atoms with Gasteiger partial charge in [-0.25, -0.2) is 0 Å². The van der Waals surface area contributed by atoms with E-state index in [4.69, 9.17) is 15.2 Å². The molecule has 1 fully saturated rings. The van der Waals surface area contributed by atoms with E-state index in [0.29, 0.717) is 24.5 Å². The van der Waals surface area contributed by atoms with E-state index in [0.717, 1.165) is 44.2 Å². The zero-order valence-electron chi connectivity index (χ0n) is 15.4. The minimum atomic E-state index is 0. The van der Waals surface area contributed by atoms with Crippen LogP contribution in [0.1, 0.15) is 20.3 Å². The molecule has 6 nitrogen and oxygen atoms in total. The van der Waals surface area contributed by atoms with Crippen LogP contribution in [0.25, 0.3) is 0 Å². The Hall–Kier alpha value is -1.06. The van der Waals surface area contributed by atoms with Crippen molar-refractivity contribution in [1.82, 2.24) is 4.90 Å². The first-order chi connectivity index (χ1) is 11.6. The van der Waals surface area contributed by atoms with Crippen LogP contribution in [0.15, 0.2) is 29.3 Å². The molecule has 0 spiro atoms. The highest BCUT2D eigenvalue weighted by Gasteiger charge is 2.21. The second kappa shape index (κ2) is 11.5. The number of ether oxygens (including phenoxy) is 2. The first-order valence-corrected chi connectivity index (χ1v) is 8.61. The van der Waals surface area contributed by atoms with Crippen molar-refractivity contribution in [3.63, 3.8) is 0 Å². The standard InChI is InChI=1S/C18H30N4O2.HI/c1-14(2)12-16(22-8-10-24-11-9-22)13-20-18(19)21-15-4-6-17(23-3)7-5-15;/h4-7,14,16H,8-13H2,1-3H3,(H3,19,20,21);1H. The lowest BCUT2D eigenvalue weighted by Crippen LogP contribution is -2.45. The average molecular weight is 462 g/mol. The Morgan fingerprint density at radius 3 is 2.48 bits per heavy atom. The molecule has 1 aliphatic heterocycles. The quantitative estimate of drug-likeness (QED) is 0.371. The molecule has 0 amide bonds. The zero-order chi connectivity index (χ0) is 17.4. The van der Waals surface area contributed by atoms with Gasteiger partial charge < -0.3 is 20.5 Å². The van der Waals surface area contributed by atoms with Crippen molar-refractivity contribution >= 4 is 35.6 Å². The summed E-state index contributed by atoms with van der Waals surface area (Å²) < 4.78 is 10.6. The average Bonchev–Trinajstić information content (AvgIpc) is 2.59. The summed E-state index contributed by atoms with van der Waals surface area (Å²) in [7, 11) is 1.65. The molecular formula is C18H31IN4O2. The molecular weight excluding hydrogens is 431 g/mol. The van der Waals surface area contributed by atoms with E-state index >= 15 is 0 Å². The number of nitrogens with zero attached hydrogens (tertiary/aromatic N) is 2. The number of morpholine rings is 1. The number of hydrogen-bond donors (Lipinski definition) is 2. The summed E-state index contributed by atoms with van der Waals surface area (Å²) in [5.74, 6) is 1.89. The van der Waals surface area contributed by atoms with Gasteiger partial charge in [-0.3, -0.25) is 9.89 Å². The normalized spacial score (nSPS) is 17.0. The molecule has 1 unspecified atom stereocenters. The van der Waals surface area contributed by atoms with Gasteiger partial charge in [0, 0.05) is 24.8 Å². The first-order valence-electron chi connectivity index (χ1n) is 8.61. The fraction of sp³-hybridized carbons (Fsp3) is 0.611. The van der Waals surface area contributed by atoms with Crippen LogP contribution in [0.2, 0.25) is 0 Å². The van der Waals surface area contributed by atoms with Crippen LogP contribution in [0.4, 0.5) is 5.69 Å². The Labute approximate surface area is 168 Å². The van der Waals surface area contributed by atoms with E-state index < -0.39 is 0 Å². The molecule has 1 heterocycles. The highest BCUT2D eigenvalue weighted by Crippen LogP contribution is 2.16. The van der Waals surface area contributed by atoms with Gasteiger partial charge >= 0.3 is 0 Å². The van der Waals surface area contributed by atoms with Crippen LogP contribution >= 0.6 is 24.0 Å². The second-order valence-corrected chi connectivity index (χ2v) is 6.51. The van der Waals surface area contributed by atoms with Gasteiger partial charge in [-0.05, 0) is 36.6 Å². The SMILES string of the molecule is COc1ccc(NC(N)=NCC(CC(C)C)N2CCOCC2)cc1.I. The monoisotopic (exact) mass is 462 g/mol. The van der Waals surface area contributed by atoms with Gasteiger partial charge in [0.1, 0.15) is 5.75 Å². The maximum Gasteiger partial charge on any atom is 0.193 e. The Balaban J connectivity index is 0.00000312. The summed E-state index contributed by atoms with van der Waals surface area (Å²) in [6.07, 6.45) is 1.11. The first kappa shape index (κ1) is 22.0. The topological polar surface area (TPSA) is 72.1 Å². The lowest BCUT2D eigenvalue weighted by molar-refractivity contribution is 0.0143. The van der Waals surface area contributed by atoms with Gasteiger partial charge in [0.25, 0.3) is 0 Å². The molecule has 0 radical (unpaired) electrons. The van der Waals surface area contributed by atoms with E-state index in [-0.39, 0.29) is 24.0 Å². The fourth-order valence-corrected chi connectivity index (χ4v) is 2.89. The largest absolute Gasteiger partial charge is 0.497 e. The molecule has 1 saturated heterocycles. The lowest BCUT2D eigenvalue weighted by atomic mass is 10.0. The minimum Gasteiger partial charge on any atom is -0.497 e. The predicted octanol–water partition coefficient (Wildman–Crippen LogP) is 2.79. The highest BCUT2D eigenvalue weighted by atomic mass is 127. The van der Waals surface area contributed by atoms with Crippen molar-refractivity contribution in [2.45, 2.75) is 26.3 Å². The van der Waals surface area contributed by atoms with Gasteiger partial charge in [0.15, 0.2) is 5.96 Å². The molecule has 25 heavy (non-hydrogen) atoms. The number of nitrogens with two attached hydrogens (primary N) is 1. The van der Waals surface area contributed by atoms with Crippen molar-refractivity contribution < 1.29 is 9.47 Å². The minimum absolute atomic E-state index is 0. The van der Waals surface area contributed by atoms with E-state index in [1.165, 1.54) is 0 Å². The molecule has 3 N–H and O–H groups in total. The number of nitrogens with one attached hydrogen (secondary N) is 1. The van der Waals surface area contributed by atoms with Crippen molar-refractivity contribution in [2.75, 3.05) is 45.3 Å². The third-order valence-corrected chi connectivity index (χ3v) is 4.14. The van der Waals surface area contributed by atoms with Gasteiger partial charge in [0.05, 0.1) is 26.9 Å². The molecule has 7 heteroatoms. The smallest absolute Gasteiger partial charge is 0.193 e. The number of rotatable bonds is 7. The summed E-state index contributed by atoms with van der Waals surface area (Å²) >= 11 is 0. The van der Waals surface area contributed by atoms with E-state index in [1.54, 1.807) is 7.11 Å². The van der Waals surface area contributed by atoms with Crippen LogP contribution in [-0.4, -0.2) is 56.9 Å². The Morgan fingerprint density at radius 2 is 1.92 bits per heavy atom. The van der Waals surface area contributed by atoms with Crippen molar-refractivity contribution in [2.24, 2.45) is 16.6 Å². The number of anilines is 1. The molecule has 1 aliphatic rings. The Morgan fingerprint density at radius 1 is 1.28 bits per heavy atom. The Kier molecular flexibility index (Phi) is 10.1. The van der Waals surface area contributed by atoms with Gasteiger partial charge in [-0.1, -0.05) is 13.8 Å². The van der Waals surface area contributed by atoms with Gasteiger partial charge in [0.2, 0.25) is 0 Å². The molecule has 2 rings (SSSR count). The van der Waals surface area contributed by atoms with Crippen LogP contribution in [0.3, 0.4) is 0 Å². The highest BCUT2D eigenvalue weighted by molar-refractivity contribution is 14.0. The number of aliphatic imine (C=N–C) groups is 1. The van der Waals surface area contributed by atoms with Crippen molar-refractivity contribution in [1.29, 1.82) is 0 Å². The van der Waals surface area contributed by atoms with Crippen LogP contribution in [0, 0.1) is 5.92 Å². The second-order valence-electron chi connectivity index (χ2n) is 6.51. The van der Waals surface area contributed by atoms with Crippen LogP contribution < -0.4 is 15.8 Å². The van der Waals surface area contributed by atoms with E-state index in [1.807, 2.05) is 24.3 Å². The number of methoxy groups -OCH3 is 1. The fourth-order valence-electron chi connectivity index (χ4n) is 2.89. The molecule has 0 aliphatic carbocycles. The summed E-state index contributed by atoms with van der Waals surface area (Å²) in [5, 5.41) is 3.13. The summed E-state index contributed by atoms with van der Waals surface area (Å²) in [6.45, 7) is 8.74. The van der Waals surface area contributed by atoms with E-state index in [2.05, 4.69) is 29.1 Å². The molecule has 0 bridgehead atoms. The van der Waals surface area contributed by atoms with Crippen LogP contribution in [-0.2, 0) is 4.74 Å². The van der Waals surface area contributed by atoms with Gasteiger partial charge in [-0.2, -0.15) is 0 Å². The number of halogens is 1. The predicted molar refractivity (Wildman–Crippen MR) is 114 cm³/mol. The maximum absolute atomic E-state index is 6.05. The zero-order valence-corrected chi connectivity index (χ0v) is 17.7. The number of guanidine groups is 1. The molecule has 1 aromatic carbocycles. The number of hydrogen-bond acceptors (Lipinski definition) is 4. The van der Waals surface area contributed by atoms with E-state index in [9.17, 15) is 0 Å². The van der Waals surface area contributed by atoms with Crippen molar-refractivity contribution in [3.8, 4) is 5.75 Å². The molecule has 1 atom stereocenters. The maximum atomic E-state index is 6.05. The summed E-state index contributed by atoms with van der Waals surface area (Å²) in [5.41, 5.74) is 6.96. The third-order valence-electron chi connectivity index (χ3n) is 4.14.